The maximum Gasteiger partial charge on any atom is 0.256 e. The second kappa shape index (κ2) is 6.21. The van der Waals surface area contributed by atoms with Crippen LogP contribution in [-0.2, 0) is 11.8 Å². The quantitative estimate of drug-likeness (QED) is 0.844. The van der Waals surface area contributed by atoms with E-state index < -0.39 is 0 Å². The Labute approximate surface area is 148 Å². The second-order valence-corrected chi connectivity index (χ2v) is 7.28. The molecule has 0 spiro atoms. The summed E-state index contributed by atoms with van der Waals surface area (Å²) in [5.74, 6) is 0.618. The second-order valence-electron chi connectivity index (χ2n) is 7.28. The average molecular weight is 339 g/mol. The van der Waals surface area contributed by atoms with Gasteiger partial charge in [-0.2, -0.15) is 0 Å². The van der Waals surface area contributed by atoms with Crippen LogP contribution in [0.1, 0.15) is 35.3 Å². The van der Waals surface area contributed by atoms with E-state index in [0.29, 0.717) is 32.1 Å². The minimum absolute atomic E-state index is 0.0880. The van der Waals surface area contributed by atoms with Crippen molar-refractivity contribution < 1.29 is 9.59 Å². The van der Waals surface area contributed by atoms with Gasteiger partial charge in [-0.3, -0.25) is 9.59 Å². The van der Waals surface area contributed by atoms with Crippen LogP contribution in [0.2, 0.25) is 0 Å². The number of para-hydroxylation sites is 1. The third-order valence-corrected chi connectivity index (χ3v) is 5.95. The Bertz CT molecular complexity index is 827. The number of nitrogens with zero attached hydrogens (tertiary/aromatic N) is 3. The molecule has 132 valence electrons. The zero-order chi connectivity index (χ0) is 17.6. The van der Waals surface area contributed by atoms with Crippen LogP contribution < -0.4 is 0 Å². The molecule has 0 atom stereocenters. The van der Waals surface area contributed by atoms with Gasteiger partial charge in [0.25, 0.3) is 5.91 Å². The monoisotopic (exact) mass is 339 g/mol. The number of carbonyl (C=O) groups is 2. The van der Waals surface area contributed by atoms with E-state index >= 15 is 0 Å². The van der Waals surface area contributed by atoms with Crippen molar-refractivity contribution in [3.8, 4) is 0 Å². The number of rotatable bonds is 2. The summed E-state index contributed by atoms with van der Waals surface area (Å²) in [6, 6.07) is 8.05. The summed E-state index contributed by atoms with van der Waals surface area (Å²) in [6.07, 6.45) is 3.25. The fraction of sp³-hybridized carbons (Fsp3) is 0.500. The van der Waals surface area contributed by atoms with Crippen molar-refractivity contribution in [2.45, 2.75) is 26.2 Å². The molecular weight excluding hydrogens is 314 g/mol. The maximum absolute atomic E-state index is 13.1. The predicted molar refractivity (Wildman–Crippen MR) is 97.5 cm³/mol. The van der Waals surface area contributed by atoms with Gasteiger partial charge in [0.2, 0.25) is 5.91 Å². The first kappa shape index (κ1) is 16.2. The van der Waals surface area contributed by atoms with E-state index in [-0.39, 0.29) is 11.8 Å². The van der Waals surface area contributed by atoms with Crippen LogP contribution >= 0.6 is 0 Å². The van der Waals surface area contributed by atoms with Gasteiger partial charge in [0.1, 0.15) is 0 Å². The Hall–Kier alpha value is -2.30. The normalized spacial score (nSPS) is 18.5. The number of hydrogen-bond acceptors (Lipinski definition) is 2. The Morgan fingerprint density at radius 3 is 2.28 bits per heavy atom. The first-order valence-corrected chi connectivity index (χ1v) is 9.20. The number of aromatic nitrogens is 1. The average Bonchev–Trinajstić information content (AvgIpc) is 2.84. The lowest BCUT2D eigenvalue weighted by atomic mass is 9.84. The molecule has 2 fully saturated rings. The summed E-state index contributed by atoms with van der Waals surface area (Å²) >= 11 is 0. The van der Waals surface area contributed by atoms with Crippen LogP contribution in [-0.4, -0.2) is 52.4 Å². The fourth-order valence-electron chi connectivity index (χ4n) is 3.99. The highest BCUT2D eigenvalue weighted by molar-refractivity contribution is 6.08. The summed E-state index contributed by atoms with van der Waals surface area (Å²) in [5, 5.41) is 1.01. The van der Waals surface area contributed by atoms with E-state index in [9.17, 15) is 9.59 Å². The molecular formula is C20H25N3O2. The van der Waals surface area contributed by atoms with Crippen LogP contribution in [0.4, 0.5) is 0 Å². The molecule has 2 heterocycles. The van der Waals surface area contributed by atoms with Crippen molar-refractivity contribution in [2.75, 3.05) is 26.2 Å². The molecule has 0 radical (unpaired) electrons. The van der Waals surface area contributed by atoms with Crippen molar-refractivity contribution in [2.24, 2.45) is 13.0 Å². The van der Waals surface area contributed by atoms with E-state index in [1.165, 1.54) is 6.42 Å². The third kappa shape index (κ3) is 2.62. The Balaban J connectivity index is 1.51. The first-order valence-electron chi connectivity index (χ1n) is 9.20. The molecule has 2 amide bonds. The standard InChI is InChI=1S/C20H25N3O2/c1-14-18(16-8-3-4-9-17(16)21(14)2)20(25)23-12-10-22(11-13-23)19(24)15-6-5-7-15/h3-4,8-9,15H,5-7,10-13H2,1-2H3. The van der Waals surface area contributed by atoms with Crippen molar-refractivity contribution in [3.05, 3.63) is 35.5 Å². The van der Waals surface area contributed by atoms with Gasteiger partial charge in [0.15, 0.2) is 0 Å². The van der Waals surface area contributed by atoms with Gasteiger partial charge in [-0.25, -0.2) is 0 Å². The number of piperazine rings is 1. The summed E-state index contributed by atoms with van der Waals surface area (Å²) in [4.78, 5) is 29.4. The van der Waals surface area contributed by atoms with Crippen LogP contribution in [0.25, 0.3) is 10.9 Å². The molecule has 25 heavy (non-hydrogen) atoms. The highest BCUT2D eigenvalue weighted by Crippen LogP contribution is 2.29. The van der Waals surface area contributed by atoms with Gasteiger partial charge in [-0.05, 0) is 25.8 Å². The van der Waals surface area contributed by atoms with Crippen LogP contribution in [0.5, 0.6) is 0 Å². The zero-order valence-electron chi connectivity index (χ0n) is 15.0. The molecule has 2 aliphatic rings. The lowest BCUT2D eigenvalue weighted by molar-refractivity contribution is -0.139. The third-order valence-electron chi connectivity index (χ3n) is 5.95. The lowest BCUT2D eigenvalue weighted by Gasteiger charge is -2.38. The molecule has 0 N–H and O–H groups in total. The van der Waals surface area contributed by atoms with Crippen LogP contribution in [0, 0.1) is 12.8 Å². The summed E-state index contributed by atoms with van der Waals surface area (Å²) in [6.45, 7) is 4.57. The molecule has 2 aromatic rings. The summed E-state index contributed by atoms with van der Waals surface area (Å²) < 4.78 is 2.08. The highest BCUT2D eigenvalue weighted by atomic mass is 16.2. The largest absolute Gasteiger partial charge is 0.347 e. The van der Waals surface area contributed by atoms with Crippen molar-refractivity contribution in [3.63, 3.8) is 0 Å². The number of fused-ring (bicyclic) bond motifs is 1. The molecule has 1 saturated carbocycles. The summed E-state index contributed by atoms with van der Waals surface area (Å²) in [5.41, 5.74) is 2.89. The van der Waals surface area contributed by atoms with Crippen LogP contribution in [0.3, 0.4) is 0 Å². The smallest absolute Gasteiger partial charge is 0.256 e. The van der Waals surface area contributed by atoms with E-state index in [0.717, 1.165) is 35.0 Å². The number of amides is 2. The SMILES string of the molecule is Cc1c(C(=O)N2CCN(C(=O)C3CCC3)CC2)c2ccccc2n1C. The molecule has 1 aliphatic heterocycles. The number of hydrogen-bond donors (Lipinski definition) is 0. The van der Waals surface area contributed by atoms with Gasteiger partial charge < -0.3 is 14.4 Å². The summed E-state index contributed by atoms with van der Waals surface area (Å²) in [7, 11) is 2.00. The topological polar surface area (TPSA) is 45.6 Å². The van der Waals surface area contributed by atoms with Gasteiger partial charge in [0, 0.05) is 55.7 Å². The minimum atomic E-state index is 0.0880. The molecule has 0 bridgehead atoms. The van der Waals surface area contributed by atoms with Gasteiger partial charge >= 0.3 is 0 Å². The fourth-order valence-corrected chi connectivity index (χ4v) is 3.99. The zero-order valence-corrected chi connectivity index (χ0v) is 15.0. The van der Waals surface area contributed by atoms with E-state index in [1.807, 2.05) is 48.0 Å². The molecule has 1 aromatic heterocycles. The van der Waals surface area contributed by atoms with Crippen LogP contribution in [0.15, 0.2) is 24.3 Å². The molecule has 5 nitrogen and oxygen atoms in total. The molecule has 0 unspecified atom stereocenters. The van der Waals surface area contributed by atoms with Crippen molar-refractivity contribution in [1.29, 1.82) is 0 Å². The number of benzene rings is 1. The van der Waals surface area contributed by atoms with E-state index in [2.05, 4.69) is 4.57 Å². The molecule has 4 rings (SSSR count). The molecule has 5 heteroatoms. The molecule has 1 aromatic carbocycles. The lowest BCUT2D eigenvalue weighted by Crippen LogP contribution is -2.52. The van der Waals surface area contributed by atoms with Gasteiger partial charge in [0.05, 0.1) is 5.56 Å². The van der Waals surface area contributed by atoms with Crippen molar-refractivity contribution >= 4 is 22.7 Å². The minimum Gasteiger partial charge on any atom is -0.347 e. The predicted octanol–water partition coefficient (Wildman–Crippen LogP) is 2.57. The molecule has 1 saturated heterocycles. The first-order chi connectivity index (χ1) is 12.1. The maximum atomic E-state index is 13.1. The Morgan fingerprint density at radius 2 is 1.64 bits per heavy atom. The van der Waals surface area contributed by atoms with E-state index in [4.69, 9.17) is 0 Å². The Morgan fingerprint density at radius 1 is 1.00 bits per heavy atom. The highest BCUT2D eigenvalue weighted by Gasteiger charge is 2.33. The molecule has 1 aliphatic carbocycles. The van der Waals surface area contributed by atoms with E-state index in [1.54, 1.807) is 0 Å². The van der Waals surface area contributed by atoms with Crippen molar-refractivity contribution in [1.82, 2.24) is 14.4 Å². The van der Waals surface area contributed by atoms with Gasteiger partial charge in [-0.15, -0.1) is 0 Å². The Kier molecular flexibility index (Phi) is 4.02. The van der Waals surface area contributed by atoms with Gasteiger partial charge in [-0.1, -0.05) is 24.6 Å². The number of aryl methyl sites for hydroxylation is 1. The number of carbonyl (C=O) groups excluding carboxylic acids is 2.